The smallest absolute Gasteiger partial charge is 0.00813 e. The first-order chi connectivity index (χ1) is 25.1. The van der Waals surface area contributed by atoms with E-state index in [0.29, 0.717) is 10.8 Å². The lowest BCUT2D eigenvalue weighted by molar-refractivity contribution is 0.00989. The number of hydrogen-bond donors (Lipinski definition) is 0. The standard InChI is InChI=1S/C50H78P2/c1-45(31-51(47-19-33-7-34(20-47)9-35(8-33)21-47)48-22-36-10-37(23-48)12-38(11-36)24-48)5-3-4-6-46(45,2)32-52(49-25-39-13-40(26-49)15-41(14-39)27-49)50-28-42-16-43(29-50)18-44(17-42)30-50/h33-44H,3-32H2,1-2H3. The van der Waals surface area contributed by atoms with E-state index < -0.39 is 0 Å². The van der Waals surface area contributed by atoms with Gasteiger partial charge in [-0.25, -0.2) is 0 Å². The van der Waals surface area contributed by atoms with Gasteiger partial charge in [-0.15, -0.1) is 0 Å². The molecular formula is C50H78P2. The van der Waals surface area contributed by atoms with E-state index in [4.69, 9.17) is 0 Å². The van der Waals surface area contributed by atoms with E-state index in [0.717, 1.165) is 91.6 Å². The molecule has 0 aliphatic heterocycles. The van der Waals surface area contributed by atoms with Gasteiger partial charge in [0.1, 0.15) is 0 Å². The molecule has 0 amide bonds. The van der Waals surface area contributed by atoms with Crippen molar-refractivity contribution in [3.63, 3.8) is 0 Å². The van der Waals surface area contributed by atoms with Gasteiger partial charge in [0.05, 0.1) is 0 Å². The first-order valence-electron chi connectivity index (χ1n) is 24.6. The summed E-state index contributed by atoms with van der Waals surface area (Å²) in [6, 6.07) is 0. The van der Waals surface area contributed by atoms with Gasteiger partial charge < -0.3 is 0 Å². The Balaban J connectivity index is 0.904. The Morgan fingerprint density at radius 2 is 0.481 bits per heavy atom. The highest BCUT2D eigenvalue weighted by Crippen LogP contribution is 2.84. The van der Waals surface area contributed by atoms with Crippen molar-refractivity contribution in [3.05, 3.63) is 0 Å². The monoisotopic (exact) mass is 741 g/mol. The highest BCUT2D eigenvalue weighted by molar-refractivity contribution is 7.61. The van der Waals surface area contributed by atoms with Crippen LogP contribution in [0.2, 0.25) is 0 Å². The van der Waals surface area contributed by atoms with E-state index in [1.165, 1.54) is 0 Å². The molecule has 2 atom stereocenters. The Kier molecular flexibility index (Phi) is 7.36. The molecule has 52 heavy (non-hydrogen) atoms. The van der Waals surface area contributed by atoms with Crippen LogP contribution < -0.4 is 0 Å². The second kappa shape index (κ2) is 11.3. The van der Waals surface area contributed by atoms with E-state index >= 15 is 0 Å². The summed E-state index contributed by atoms with van der Waals surface area (Å²) in [6.45, 7) is 6.13. The van der Waals surface area contributed by atoms with E-state index in [1.54, 1.807) is 192 Å². The van der Waals surface area contributed by atoms with Crippen LogP contribution in [0.4, 0.5) is 0 Å². The van der Waals surface area contributed by atoms with Crippen molar-refractivity contribution in [2.24, 2.45) is 81.8 Å². The first kappa shape index (κ1) is 33.8. The maximum Gasteiger partial charge on any atom is -0.00813 e. The lowest BCUT2D eigenvalue weighted by atomic mass is 9.55. The summed E-state index contributed by atoms with van der Waals surface area (Å²) >= 11 is 0. The second-order valence-corrected chi connectivity index (χ2v) is 32.2. The molecular weight excluding hydrogens is 662 g/mol. The van der Waals surface area contributed by atoms with Crippen LogP contribution in [-0.2, 0) is 0 Å². The fourth-order valence-corrected chi connectivity index (χ4v) is 33.7. The van der Waals surface area contributed by atoms with Gasteiger partial charge in [-0.05, 0) is 282 Å². The van der Waals surface area contributed by atoms with Crippen LogP contribution in [-0.4, -0.2) is 32.9 Å². The normalized spacial score (nSPS) is 62.7. The van der Waals surface area contributed by atoms with Gasteiger partial charge in [-0.1, -0.05) is 42.5 Å². The zero-order valence-electron chi connectivity index (χ0n) is 34.0. The summed E-state index contributed by atoms with van der Waals surface area (Å²) in [6.07, 6.45) is 50.3. The summed E-state index contributed by atoms with van der Waals surface area (Å²) in [5, 5.41) is 3.23. The number of rotatable bonds is 8. The largest absolute Gasteiger partial charge is 0.0933 e. The van der Waals surface area contributed by atoms with Crippen molar-refractivity contribution >= 4 is 15.8 Å². The van der Waals surface area contributed by atoms with Crippen molar-refractivity contribution in [1.82, 2.24) is 0 Å². The molecule has 0 saturated heterocycles. The van der Waals surface area contributed by atoms with Crippen LogP contribution in [0.25, 0.3) is 0 Å². The third kappa shape index (κ3) is 4.89. The van der Waals surface area contributed by atoms with Crippen molar-refractivity contribution in [2.75, 3.05) is 12.3 Å². The van der Waals surface area contributed by atoms with Crippen LogP contribution in [0.15, 0.2) is 0 Å². The Labute approximate surface area is 323 Å². The molecule has 2 heteroatoms. The van der Waals surface area contributed by atoms with Gasteiger partial charge in [-0.2, -0.15) is 0 Å². The summed E-state index contributed by atoms with van der Waals surface area (Å²) < 4.78 is 0. The van der Waals surface area contributed by atoms with Gasteiger partial charge in [-0.3, -0.25) is 0 Å². The maximum atomic E-state index is 3.06. The average Bonchev–Trinajstić information content (AvgIpc) is 3.05. The molecule has 17 aliphatic carbocycles. The van der Waals surface area contributed by atoms with Crippen LogP contribution in [0.5, 0.6) is 0 Å². The summed E-state index contributed by atoms with van der Waals surface area (Å²) in [7, 11) is 0.179. The molecule has 0 aromatic heterocycles. The molecule has 0 radical (unpaired) electrons. The fraction of sp³-hybridized carbons (Fsp3) is 1.00. The van der Waals surface area contributed by atoms with Gasteiger partial charge in [0.2, 0.25) is 0 Å². The molecule has 0 aromatic carbocycles. The minimum absolute atomic E-state index is 0.0894. The molecule has 17 fully saturated rings. The lowest BCUT2D eigenvalue weighted by Gasteiger charge is -2.70. The van der Waals surface area contributed by atoms with Gasteiger partial charge in [0.25, 0.3) is 0 Å². The van der Waals surface area contributed by atoms with Crippen molar-refractivity contribution < 1.29 is 0 Å². The predicted octanol–water partition coefficient (Wildman–Crippen LogP) is 14.4. The van der Waals surface area contributed by atoms with Gasteiger partial charge >= 0.3 is 0 Å². The molecule has 17 saturated carbocycles. The quantitative estimate of drug-likeness (QED) is 0.217. The van der Waals surface area contributed by atoms with E-state index in [-0.39, 0.29) is 15.8 Å². The third-order valence-corrected chi connectivity index (χ3v) is 31.3. The summed E-state index contributed by atoms with van der Waals surface area (Å²) in [5.74, 6) is 13.6. The Morgan fingerprint density at radius 3 is 0.654 bits per heavy atom. The van der Waals surface area contributed by atoms with Gasteiger partial charge in [0.15, 0.2) is 0 Å². The van der Waals surface area contributed by atoms with Crippen LogP contribution in [0, 0.1) is 81.8 Å². The molecule has 0 nitrogen and oxygen atoms in total. The lowest BCUT2D eigenvalue weighted by Crippen LogP contribution is -2.60. The van der Waals surface area contributed by atoms with Gasteiger partial charge in [0, 0.05) is 0 Å². The van der Waals surface area contributed by atoms with Crippen molar-refractivity contribution in [1.29, 1.82) is 0 Å². The zero-order valence-corrected chi connectivity index (χ0v) is 35.8. The molecule has 0 aromatic rings. The minimum Gasteiger partial charge on any atom is -0.0933 e. The van der Waals surface area contributed by atoms with Crippen molar-refractivity contribution in [2.45, 2.75) is 214 Å². The molecule has 0 N–H and O–H groups in total. The summed E-state index contributed by atoms with van der Waals surface area (Å²) in [5.41, 5.74) is 1.21. The minimum atomic E-state index is 0.0894. The summed E-state index contributed by atoms with van der Waals surface area (Å²) in [4.78, 5) is 0. The predicted molar refractivity (Wildman–Crippen MR) is 222 cm³/mol. The van der Waals surface area contributed by atoms with E-state index in [1.807, 2.05) is 0 Å². The topological polar surface area (TPSA) is 0 Å². The molecule has 2 unspecified atom stereocenters. The average molecular weight is 741 g/mol. The highest BCUT2D eigenvalue weighted by Gasteiger charge is 2.67. The Morgan fingerprint density at radius 1 is 0.308 bits per heavy atom. The fourth-order valence-electron chi connectivity index (χ4n) is 22.1. The molecule has 17 aliphatic rings. The SMILES string of the molecule is CC1(CP(C23CC4CC(CC(C4)C2)C3)C23CC4CC(CC(C4)C2)C3)CCCCC1(C)CP(C12CC3CC(CC(C3)C1)C2)C12CC3CC(CC(C3)C1)C2. The van der Waals surface area contributed by atoms with Crippen LogP contribution >= 0.6 is 15.8 Å². The van der Waals surface area contributed by atoms with Crippen LogP contribution in [0.1, 0.15) is 194 Å². The zero-order chi connectivity index (χ0) is 34.3. The van der Waals surface area contributed by atoms with Crippen LogP contribution in [0.3, 0.4) is 0 Å². The Hall–Kier alpha value is 0.860. The molecule has 0 heterocycles. The Bertz CT molecular complexity index is 1120. The molecule has 0 spiro atoms. The second-order valence-electron chi connectivity index (χ2n) is 26.1. The molecule has 288 valence electrons. The maximum absolute atomic E-state index is 3.06. The number of hydrogen-bond acceptors (Lipinski definition) is 0. The molecule has 17 rings (SSSR count). The first-order valence-corrected chi connectivity index (χ1v) is 27.7. The third-order valence-electron chi connectivity index (χ3n) is 22.5. The van der Waals surface area contributed by atoms with E-state index in [2.05, 4.69) is 13.8 Å². The van der Waals surface area contributed by atoms with Crippen molar-refractivity contribution in [3.8, 4) is 0 Å². The van der Waals surface area contributed by atoms with E-state index in [9.17, 15) is 0 Å². The molecule has 16 bridgehead atoms. The highest BCUT2D eigenvalue weighted by atomic mass is 31.1.